The number of aryl methyl sites for hydroxylation is 1. The van der Waals surface area contributed by atoms with Gasteiger partial charge in [0, 0.05) is 31.4 Å². The molecule has 9 heteroatoms. The second kappa shape index (κ2) is 8.74. The minimum absolute atomic E-state index is 0.106. The number of morpholine rings is 1. The number of likely N-dealkylation sites (tertiary alicyclic amines) is 1. The Labute approximate surface area is 186 Å². The zero-order valence-corrected chi connectivity index (χ0v) is 18.1. The van der Waals surface area contributed by atoms with E-state index in [2.05, 4.69) is 9.97 Å². The summed E-state index contributed by atoms with van der Waals surface area (Å²) in [4.78, 5) is 39.2. The molecule has 0 N–H and O–H groups in total. The maximum atomic E-state index is 13.5. The zero-order valence-electron chi connectivity index (χ0n) is 18.1. The molecule has 0 bridgehead atoms. The van der Waals surface area contributed by atoms with E-state index in [1.54, 1.807) is 36.2 Å². The van der Waals surface area contributed by atoms with Gasteiger partial charge < -0.3 is 24.0 Å². The number of rotatable bonds is 3. The summed E-state index contributed by atoms with van der Waals surface area (Å²) in [6.45, 7) is 5.48. The molecule has 168 valence electrons. The highest BCUT2D eigenvalue weighted by atomic mass is 16.6. The van der Waals surface area contributed by atoms with Gasteiger partial charge in [0.1, 0.15) is 19.0 Å². The van der Waals surface area contributed by atoms with E-state index in [-0.39, 0.29) is 17.9 Å². The Kier molecular flexibility index (Phi) is 5.65. The third kappa shape index (κ3) is 3.88. The highest BCUT2D eigenvalue weighted by molar-refractivity contribution is 5.97. The molecular weight excluding hydrogens is 412 g/mol. The van der Waals surface area contributed by atoms with E-state index in [0.29, 0.717) is 80.2 Å². The van der Waals surface area contributed by atoms with Gasteiger partial charge in [-0.2, -0.15) is 0 Å². The number of ether oxygens (including phenoxy) is 3. The largest absolute Gasteiger partial charge is 0.486 e. The van der Waals surface area contributed by atoms with Gasteiger partial charge in [-0.3, -0.25) is 9.59 Å². The van der Waals surface area contributed by atoms with Crippen molar-refractivity contribution in [2.45, 2.75) is 25.8 Å². The van der Waals surface area contributed by atoms with Crippen molar-refractivity contribution in [3.63, 3.8) is 0 Å². The summed E-state index contributed by atoms with van der Waals surface area (Å²) in [5.74, 6) is 1.60. The summed E-state index contributed by atoms with van der Waals surface area (Å²) in [6, 6.07) is 4.99. The number of carbonyl (C=O) groups is 2. The Hall–Kier alpha value is -3.20. The van der Waals surface area contributed by atoms with E-state index in [1.807, 2.05) is 4.90 Å². The molecule has 2 amide bonds. The van der Waals surface area contributed by atoms with Crippen LogP contribution in [0.1, 0.15) is 51.1 Å². The molecule has 2 saturated heterocycles. The Balaban J connectivity index is 1.45. The lowest BCUT2D eigenvalue weighted by Crippen LogP contribution is -2.41. The summed E-state index contributed by atoms with van der Waals surface area (Å²) < 4.78 is 16.6. The first-order chi connectivity index (χ1) is 15.6. The van der Waals surface area contributed by atoms with Gasteiger partial charge in [-0.1, -0.05) is 0 Å². The molecule has 0 aliphatic carbocycles. The van der Waals surface area contributed by atoms with Crippen molar-refractivity contribution in [2.75, 3.05) is 46.1 Å². The summed E-state index contributed by atoms with van der Waals surface area (Å²) in [5.41, 5.74) is 1.62. The maximum absolute atomic E-state index is 13.5. The average Bonchev–Trinajstić information content (AvgIpc) is 3.33. The standard InChI is InChI=1S/C23H26N4O5/c1-15-24-14-17(23(29)26-7-9-30-10-8-26)21(25-15)18-3-2-6-27(18)22(28)16-4-5-19-20(13-16)32-12-11-31-19/h4-5,13-14,18H,2-3,6-12H2,1H3/t18-/m1/s1. The molecule has 32 heavy (non-hydrogen) atoms. The van der Waals surface area contributed by atoms with Crippen molar-refractivity contribution in [2.24, 2.45) is 0 Å². The van der Waals surface area contributed by atoms with E-state index in [9.17, 15) is 9.59 Å². The van der Waals surface area contributed by atoms with Gasteiger partial charge in [-0.25, -0.2) is 9.97 Å². The van der Waals surface area contributed by atoms with Crippen LogP contribution in [0.3, 0.4) is 0 Å². The topological polar surface area (TPSA) is 94.1 Å². The van der Waals surface area contributed by atoms with Crippen LogP contribution in [0.4, 0.5) is 0 Å². The lowest BCUT2D eigenvalue weighted by molar-refractivity contribution is 0.0299. The van der Waals surface area contributed by atoms with Crippen molar-refractivity contribution in [3.05, 3.63) is 47.0 Å². The van der Waals surface area contributed by atoms with E-state index in [4.69, 9.17) is 14.2 Å². The van der Waals surface area contributed by atoms with E-state index in [1.165, 1.54) is 0 Å². The molecule has 1 aromatic carbocycles. The summed E-state index contributed by atoms with van der Waals surface area (Å²) in [5, 5.41) is 0. The maximum Gasteiger partial charge on any atom is 0.257 e. The first-order valence-corrected chi connectivity index (χ1v) is 11.0. The van der Waals surface area contributed by atoms with Gasteiger partial charge in [-0.05, 0) is 38.0 Å². The molecule has 5 rings (SSSR count). The highest BCUT2D eigenvalue weighted by Gasteiger charge is 2.36. The van der Waals surface area contributed by atoms with Crippen LogP contribution in [0.25, 0.3) is 0 Å². The number of nitrogens with zero attached hydrogens (tertiary/aromatic N) is 4. The van der Waals surface area contributed by atoms with Crippen molar-refractivity contribution in [3.8, 4) is 11.5 Å². The van der Waals surface area contributed by atoms with Crippen LogP contribution in [0.15, 0.2) is 24.4 Å². The number of amides is 2. The molecule has 0 radical (unpaired) electrons. The number of hydrogen-bond acceptors (Lipinski definition) is 7. The number of carbonyl (C=O) groups excluding carboxylic acids is 2. The minimum atomic E-state index is -0.280. The summed E-state index contributed by atoms with van der Waals surface area (Å²) in [6.07, 6.45) is 3.19. The van der Waals surface area contributed by atoms with Crippen molar-refractivity contribution < 1.29 is 23.8 Å². The van der Waals surface area contributed by atoms with Gasteiger partial charge in [0.05, 0.1) is 30.5 Å². The third-order valence-electron chi connectivity index (χ3n) is 6.09. The van der Waals surface area contributed by atoms with Crippen LogP contribution in [-0.2, 0) is 4.74 Å². The number of aromatic nitrogens is 2. The van der Waals surface area contributed by atoms with Crippen LogP contribution in [-0.4, -0.2) is 77.6 Å². The predicted molar refractivity (Wildman–Crippen MR) is 114 cm³/mol. The fourth-order valence-electron chi connectivity index (χ4n) is 4.48. The van der Waals surface area contributed by atoms with Gasteiger partial charge in [0.25, 0.3) is 11.8 Å². The Bertz CT molecular complexity index is 1040. The second-order valence-corrected chi connectivity index (χ2v) is 8.14. The first-order valence-electron chi connectivity index (χ1n) is 11.0. The lowest BCUT2D eigenvalue weighted by Gasteiger charge is -2.30. The van der Waals surface area contributed by atoms with E-state index >= 15 is 0 Å². The van der Waals surface area contributed by atoms with Gasteiger partial charge >= 0.3 is 0 Å². The molecule has 3 aliphatic heterocycles. The quantitative estimate of drug-likeness (QED) is 0.724. The van der Waals surface area contributed by atoms with Crippen molar-refractivity contribution in [1.82, 2.24) is 19.8 Å². The second-order valence-electron chi connectivity index (χ2n) is 8.14. The Morgan fingerprint density at radius 3 is 2.59 bits per heavy atom. The zero-order chi connectivity index (χ0) is 22.1. The molecule has 2 fully saturated rings. The first kappa shape index (κ1) is 20.7. The van der Waals surface area contributed by atoms with Crippen molar-refractivity contribution in [1.29, 1.82) is 0 Å². The third-order valence-corrected chi connectivity index (χ3v) is 6.09. The normalized spacial score (nSPS) is 20.3. The van der Waals surface area contributed by atoms with Gasteiger partial charge in [-0.15, -0.1) is 0 Å². The van der Waals surface area contributed by atoms with E-state index < -0.39 is 0 Å². The van der Waals surface area contributed by atoms with Crippen LogP contribution >= 0.6 is 0 Å². The van der Waals surface area contributed by atoms with Crippen molar-refractivity contribution >= 4 is 11.8 Å². The lowest BCUT2D eigenvalue weighted by atomic mass is 10.0. The molecule has 3 aliphatic rings. The SMILES string of the molecule is Cc1ncc(C(=O)N2CCOCC2)c([C@H]2CCCN2C(=O)c2ccc3c(c2)OCCO3)n1. The minimum Gasteiger partial charge on any atom is -0.486 e. The molecule has 1 atom stereocenters. The average molecular weight is 438 g/mol. The van der Waals surface area contributed by atoms with E-state index in [0.717, 1.165) is 12.8 Å². The molecule has 0 saturated carbocycles. The molecule has 9 nitrogen and oxygen atoms in total. The van der Waals surface area contributed by atoms with Crippen LogP contribution in [0, 0.1) is 6.92 Å². The van der Waals surface area contributed by atoms with Gasteiger partial charge in [0.15, 0.2) is 11.5 Å². The Morgan fingerprint density at radius 2 is 1.78 bits per heavy atom. The summed E-state index contributed by atoms with van der Waals surface area (Å²) >= 11 is 0. The summed E-state index contributed by atoms with van der Waals surface area (Å²) in [7, 11) is 0. The van der Waals surface area contributed by atoms with Crippen LogP contribution < -0.4 is 9.47 Å². The number of hydrogen-bond donors (Lipinski definition) is 0. The number of fused-ring (bicyclic) bond motifs is 1. The fourth-order valence-corrected chi connectivity index (χ4v) is 4.48. The molecule has 4 heterocycles. The molecule has 2 aromatic rings. The monoisotopic (exact) mass is 438 g/mol. The molecule has 0 spiro atoms. The Morgan fingerprint density at radius 1 is 1.00 bits per heavy atom. The predicted octanol–water partition coefficient (Wildman–Crippen LogP) is 2.01. The highest BCUT2D eigenvalue weighted by Crippen LogP contribution is 2.36. The van der Waals surface area contributed by atoms with Crippen LogP contribution in [0.2, 0.25) is 0 Å². The smallest absolute Gasteiger partial charge is 0.257 e. The fraction of sp³-hybridized carbons (Fsp3) is 0.478. The van der Waals surface area contributed by atoms with Gasteiger partial charge in [0.2, 0.25) is 0 Å². The molecule has 0 unspecified atom stereocenters. The number of benzene rings is 1. The van der Waals surface area contributed by atoms with Crippen LogP contribution in [0.5, 0.6) is 11.5 Å². The molecular formula is C23H26N4O5. The molecule has 1 aromatic heterocycles.